The highest BCUT2D eigenvalue weighted by molar-refractivity contribution is 5.75. The van der Waals surface area contributed by atoms with E-state index in [1.165, 1.54) is 43.9 Å². The lowest BCUT2D eigenvalue weighted by Crippen LogP contribution is -2.48. The van der Waals surface area contributed by atoms with Gasteiger partial charge >= 0.3 is 0 Å². The van der Waals surface area contributed by atoms with Crippen LogP contribution in [0.15, 0.2) is 35.2 Å². The van der Waals surface area contributed by atoms with E-state index in [1.54, 1.807) is 6.07 Å². The van der Waals surface area contributed by atoms with E-state index in [4.69, 9.17) is 11.0 Å². The minimum Gasteiger partial charge on any atom is -0.507 e. The molecule has 1 aliphatic carbocycles. The van der Waals surface area contributed by atoms with E-state index < -0.39 is 0 Å². The average molecular weight is 379 g/mol. The maximum atomic E-state index is 10.3. The second-order valence-electron chi connectivity index (χ2n) is 8.42. The number of benzene rings is 1. The first-order valence-corrected chi connectivity index (χ1v) is 10.4. The van der Waals surface area contributed by atoms with Crippen molar-refractivity contribution < 1.29 is 5.11 Å². The van der Waals surface area contributed by atoms with Gasteiger partial charge in [0.25, 0.3) is 0 Å². The van der Waals surface area contributed by atoms with E-state index in [2.05, 4.69) is 22.8 Å². The molecule has 0 amide bonds. The van der Waals surface area contributed by atoms with Crippen molar-refractivity contribution in [2.45, 2.75) is 58.0 Å². The molecule has 1 saturated carbocycles. The summed E-state index contributed by atoms with van der Waals surface area (Å²) in [6, 6.07) is 8.50. The van der Waals surface area contributed by atoms with E-state index in [9.17, 15) is 5.11 Å². The lowest BCUT2D eigenvalue weighted by molar-refractivity contribution is 0.121. The Balaban J connectivity index is 1.57. The number of nitriles is 1. The molecule has 0 aromatic heterocycles. The van der Waals surface area contributed by atoms with Crippen molar-refractivity contribution in [3.05, 3.63) is 46.3 Å². The third-order valence-corrected chi connectivity index (χ3v) is 6.70. The van der Waals surface area contributed by atoms with Crippen molar-refractivity contribution in [3.8, 4) is 11.8 Å². The lowest BCUT2D eigenvalue weighted by atomic mass is 9.95. The Hall–Kier alpha value is -2.45. The van der Waals surface area contributed by atoms with Crippen molar-refractivity contribution in [2.75, 3.05) is 19.6 Å². The number of rotatable bonds is 4. The molecule has 3 N–H and O–H groups in total. The first-order valence-electron chi connectivity index (χ1n) is 10.4. The number of likely N-dealkylation sites (tertiary alicyclic amines) is 1. The molecule has 0 unspecified atom stereocenters. The summed E-state index contributed by atoms with van der Waals surface area (Å²) in [5.74, 6) is 1.06. The topological polar surface area (TPSA) is 76.5 Å². The van der Waals surface area contributed by atoms with Gasteiger partial charge in [0.05, 0.1) is 11.6 Å². The molecule has 1 aromatic carbocycles. The van der Waals surface area contributed by atoms with Gasteiger partial charge in [-0.1, -0.05) is 0 Å². The van der Waals surface area contributed by atoms with Gasteiger partial charge in [-0.2, -0.15) is 5.26 Å². The van der Waals surface area contributed by atoms with E-state index in [0.717, 1.165) is 48.1 Å². The van der Waals surface area contributed by atoms with Crippen molar-refractivity contribution in [2.24, 2.45) is 5.73 Å². The molecule has 5 nitrogen and oxygen atoms in total. The van der Waals surface area contributed by atoms with Gasteiger partial charge in [0.15, 0.2) is 0 Å². The number of phenolic OH excluding ortho intramolecular Hbond substituents is 1. The molecule has 0 bridgehead atoms. The maximum Gasteiger partial charge on any atom is 0.124 e. The largest absolute Gasteiger partial charge is 0.507 e. The summed E-state index contributed by atoms with van der Waals surface area (Å²) in [4.78, 5) is 5.07. The SMILES string of the molecule is C/C(C1=C(N)N([C@@H]2CCCN(C3CC3)C2)CC1)=C(/C)c1ccc(C#N)cc1O. The number of piperidine rings is 1. The number of nitrogens with zero attached hydrogens (tertiary/aromatic N) is 3. The number of aromatic hydroxyl groups is 1. The normalized spacial score (nSPS) is 24.3. The number of hydrogen-bond donors (Lipinski definition) is 2. The lowest BCUT2D eigenvalue weighted by Gasteiger charge is -2.39. The first-order chi connectivity index (χ1) is 13.5. The Kier molecular flexibility index (Phi) is 5.07. The highest BCUT2D eigenvalue weighted by Crippen LogP contribution is 2.37. The summed E-state index contributed by atoms with van der Waals surface area (Å²) < 4.78 is 0. The van der Waals surface area contributed by atoms with Gasteiger partial charge in [-0.25, -0.2) is 0 Å². The molecular weight excluding hydrogens is 348 g/mol. The third kappa shape index (κ3) is 3.49. The molecule has 148 valence electrons. The summed E-state index contributed by atoms with van der Waals surface area (Å²) in [5.41, 5.74) is 11.2. The van der Waals surface area contributed by atoms with Crippen molar-refractivity contribution >= 4 is 5.57 Å². The summed E-state index contributed by atoms with van der Waals surface area (Å²) in [6.07, 6.45) is 6.14. The second-order valence-corrected chi connectivity index (χ2v) is 8.42. The first kappa shape index (κ1) is 18.9. The van der Waals surface area contributed by atoms with Crippen LogP contribution in [0.3, 0.4) is 0 Å². The molecule has 3 aliphatic rings. The van der Waals surface area contributed by atoms with Gasteiger partial charge in [-0.3, -0.25) is 4.90 Å². The molecule has 2 aliphatic heterocycles. The van der Waals surface area contributed by atoms with Gasteiger partial charge in [0, 0.05) is 30.7 Å². The Labute approximate surface area is 167 Å². The Morgan fingerprint density at radius 2 is 1.93 bits per heavy atom. The minimum atomic E-state index is 0.150. The quantitative estimate of drug-likeness (QED) is 0.838. The van der Waals surface area contributed by atoms with Crippen LogP contribution in [0, 0.1) is 11.3 Å². The smallest absolute Gasteiger partial charge is 0.124 e. The fourth-order valence-electron chi connectivity index (χ4n) is 4.77. The van der Waals surface area contributed by atoms with Crippen molar-refractivity contribution in [1.82, 2.24) is 9.80 Å². The van der Waals surface area contributed by atoms with Gasteiger partial charge < -0.3 is 15.7 Å². The Bertz CT molecular complexity index is 875. The van der Waals surface area contributed by atoms with Crippen LogP contribution in [0.5, 0.6) is 5.75 Å². The van der Waals surface area contributed by atoms with Crippen LogP contribution in [-0.2, 0) is 0 Å². The summed E-state index contributed by atoms with van der Waals surface area (Å²) in [5, 5.41) is 19.4. The molecule has 0 radical (unpaired) electrons. The van der Waals surface area contributed by atoms with Crippen LogP contribution in [-0.4, -0.2) is 46.6 Å². The second kappa shape index (κ2) is 7.52. The van der Waals surface area contributed by atoms with Gasteiger partial charge in [0.1, 0.15) is 11.6 Å². The highest BCUT2D eigenvalue weighted by atomic mass is 16.3. The molecule has 2 fully saturated rings. The van der Waals surface area contributed by atoms with Crippen LogP contribution in [0.4, 0.5) is 0 Å². The molecule has 1 aromatic rings. The van der Waals surface area contributed by atoms with E-state index in [0.29, 0.717) is 11.6 Å². The van der Waals surface area contributed by atoms with Crippen LogP contribution < -0.4 is 5.73 Å². The minimum absolute atomic E-state index is 0.150. The molecule has 4 rings (SSSR count). The fraction of sp³-hybridized carbons (Fsp3) is 0.522. The zero-order valence-corrected chi connectivity index (χ0v) is 16.9. The number of nitrogens with two attached hydrogens (primary N) is 1. The van der Waals surface area contributed by atoms with E-state index >= 15 is 0 Å². The van der Waals surface area contributed by atoms with Crippen molar-refractivity contribution in [3.63, 3.8) is 0 Å². The summed E-state index contributed by atoms with van der Waals surface area (Å²) in [7, 11) is 0. The van der Waals surface area contributed by atoms with E-state index in [1.807, 2.05) is 13.0 Å². The van der Waals surface area contributed by atoms with Gasteiger partial charge in [-0.15, -0.1) is 0 Å². The predicted octanol–water partition coefficient (Wildman–Crippen LogP) is 3.56. The van der Waals surface area contributed by atoms with Gasteiger partial charge in [0.2, 0.25) is 0 Å². The average Bonchev–Trinajstić information content (AvgIpc) is 3.49. The van der Waals surface area contributed by atoms with Crippen molar-refractivity contribution in [1.29, 1.82) is 5.26 Å². The monoisotopic (exact) mass is 378 g/mol. The molecule has 2 heterocycles. The van der Waals surface area contributed by atoms with Crippen LogP contribution >= 0.6 is 0 Å². The molecule has 1 saturated heterocycles. The van der Waals surface area contributed by atoms with Crippen LogP contribution in [0.25, 0.3) is 5.57 Å². The predicted molar refractivity (Wildman–Crippen MR) is 111 cm³/mol. The molecular formula is C23H30N4O. The number of hydrogen-bond acceptors (Lipinski definition) is 5. The Morgan fingerprint density at radius 1 is 1.14 bits per heavy atom. The standard InChI is InChI=1S/C23H30N4O/c1-15(20-8-5-17(13-24)12-22(20)28)16(2)21-9-11-27(23(21)25)19-4-3-10-26(14-19)18-6-7-18/h5,8,12,18-19,28H,3-4,6-7,9-11,14,25H2,1-2H3/b16-15+/t19-/m1/s1. The van der Waals surface area contributed by atoms with E-state index in [-0.39, 0.29) is 5.75 Å². The highest BCUT2D eigenvalue weighted by Gasteiger charge is 2.36. The zero-order chi connectivity index (χ0) is 19.8. The fourth-order valence-corrected chi connectivity index (χ4v) is 4.77. The molecule has 28 heavy (non-hydrogen) atoms. The van der Waals surface area contributed by atoms with Gasteiger partial charge in [-0.05, 0) is 87.4 Å². The molecule has 1 atom stereocenters. The molecule has 5 heteroatoms. The summed E-state index contributed by atoms with van der Waals surface area (Å²) in [6.45, 7) is 7.47. The zero-order valence-electron chi connectivity index (χ0n) is 16.9. The maximum absolute atomic E-state index is 10.3. The van der Waals surface area contributed by atoms with Crippen LogP contribution in [0.1, 0.15) is 57.1 Å². The Morgan fingerprint density at radius 3 is 2.61 bits per heavy atom. The molecule has 0 spiro atoms. The number of allylic oxidation sites excluding steroid dienone is 2. The number of phenols is 1. The third-order valence-electron chi connectivity index (χ3n) is 6.70. The summed E-state index contributed by atoms with van der Waals surface area (Å²) >= 11 is 0. The van der Waals surface area contributed by atoms with Crippen LogP contribution in [0.2, 0.25) is 0 Å².